The first kappa shape index (κ1) is 15.7. The summed E-state index contributed by atoms with van der Waals surface area (Å²) in [7, 11) is 1.65. The van der Waals surface area contributed by atoms with Gasteiger partial charge in [0.15, 0.2) is 0 Å². The van der Waals surface area contributed by atoms with Crippen LogP contribution in [0.5, 0.6) is 5.75 Å². The van der Waals surface area contributed by atoms with Crippen molar-refractivity contribution in [3.05, 3.63) is 29.6 Å². The van der Waals surface area contributed by atoms with Crippen molar-refractivity contribution in [2.45, 2.75) is 32.0 Å². The average Bonchev–Trinajstić information content (AvgIpc) is 3.04. The zero-order valence-corrected chi connectivity index (χ0v) is 13.4. The Morgan fingerprint density at radius 3 is 2.77 bits per heavy atom. The molecule has 1 aromatic rings. The van der Waals surface area contributed by atoms with E-state index in [9.17, 15) is 4.39 Å². The SMILES string of the molecule is COc1ccc(F)cc1[C@H]1CCCN1C(C)N1CCOCC1. The standard InChI is InChI=1S/C17H25FN2O2/c1-13(19-8-10-22-11-9-19)20-7-3-4-16(20)15-12-14(18)5-6-17(15)21-2/h5-6,12-13,16H,3-4,7-11H2,1-2H3/t13?,16-/m1/s1. The first-order valence-corrected chi connectivity index (χ1v) is 8.11. The van der Waals surface area contributed by atoms with Gasteiger partial charge >= 0.3 is 0 Å². The molecule has 0 amide bonds. The summed E-state index contributed by atoms with van der Waals surface area (Å²) in [6.45, 7) is 6.81. The quantitative estimate of drug-likeness (QED) is 0.854. The van der Waals surface area contributed by atoms with Crippen molar-refractivity contribution in [3.8, 4) is 5.75 Å². The van der Waals surface area contributed by atoms with Crippen molar-refractivity contribution < 1.29 is 13.9 Å². The molecule has 0 spiro atoms. The summed E-state index contributed by atoms with van der Waals surface area (Å²) in [6.07, 6.45) is 2.53. The molecule has 122 valence electrons. The van der Waals surface area contributed by atoms with Gasteiger partial charge in [-0.25, -0.2) is 4.39 Å². The van der Waals surface area contributed by atoms with Gasteiger partial charge in [0.25, 0.3) is 0 Å². The molecular weight excluding hydrogens is 283 g/mol. The van der Waals surface area contributed by atoms with E-state index in [-0.39, 0.29) is 11.9 Å². The van der Waals surface area contributed by atoms with Gasteiger partial charge in [0.05, 0.1) is 26.5 Å². The molecule has 0 saturated carbocycles. The minimum atomic E-state index is -0.193. The van der Waals surface area contributed by atoms with E-state index in [1.54, 1.807) is 19.2 Å². The summed E-state index contributed by atoms with van der Waals surface area (Å²) < 4.78 is 24.6. The number of methoxy groups -OCH3 is 1. The van der Waals surface area contributed by atoms with Gasteiger partial charge in [0, 0.05) is 31.2 Å². The van der Waals surface area contributed by atoms with Crippen LogP contribution in [0.15, 0.2) is 18.2 Å². The van der Waals surface area contributed by atoms with Crippen molar-refractivity contribution >= 4 is 0 Å². The molecule has 3 rings (SSSR count). The fourth-order valence-corrected chi connectivity index (χ4v) is 3.70. The summed E-state index contributed by atoms with van der Waals surface area (Å²) in [5, 5.41) is 0. The number of likely N-dealkylation sites (tertiary alicyclic amines) is 1. The molecular formula is C17H25FN2O2. The lowest BCUT2D eigenvalue weighted by Crippen LogP contribution is -2.50. The Labute approximate surface area is 131 Å². The predicted octanol–water partition coefficient (Wildman–Crippen LogP) is 2.65. The molecule has 1 aromatic carbocycles. The van der Waals surface area contributed by atoms with E-state index in [2.05, 4.69) is 16.7 Å². The Balaban J connectivity index is 1.82. The number of nitrogens with zero attached hydrogens (tertiary/aromatic N) is 2. The number of hydrogen-bond donors (Lipinski definition) is 0. The highest BCUT2D eigenvalue weighted by molar-refractivity contribution is 5.37. The van der Waals surface area contributed by atoms with Gasteiger partial charge in [0.1, 0.15) is 11.6 Å². The molecule has 5 heteroatoms. The Hall–Kier alpha value is -1.17. The van der Waals surface area contributed by atoms with E-state index < -0.39 is 0 Å². The topological polar surface area (TPSA) is 24.9 Å². The maximum Gasteiger partial charge on any atom is 0.123 e. The third kappa shape index (κ3) is 3.12. The fourth-order valence-electron chi connectivity index (χ4n) is 3.70. The second-order valence-electron chi connectivity index (χ2n) is 6.06. The molecule has 1 unspecified atom stereocenters. The zero-order valence-electron chi connectivity index (χ0n) is 13.4. The van der Waals surface area contributed by atoms with Gasteiger partial charge in [-0.05, 0) is 38.0 Å². The van der Waals surface area contributed by atoms with Crippen LogP contribution in [-0.4, -0.2) is 55.9 Å². The summed E-state index contributed by atoms with van der Waals surface area (Å²) in [4.78, 5) is 4.93. The van der Waals surface area contributed by atoms with E-state index >= 15 is 0 Å². The van der Waals surface area contributed by atoms with Crippen LogP contribution in [0.4, 0.5) is 4.39 Å². The third-order valence-corrected chi connectivity index (χ3v) is 4.90. The molecule has 0 bridgehead atoms. The zero-order chi connectivity index (χ0) is 15.5. The van der Waals surface area contributed by atoms with Crippen LogP contribution >= 0.6 is 0 Å². The Bertz CT molecular complexity index is 505. The van der Waals surface area contributed by atoms with E-state index in [1.807, 2.05) is 0 Å². The Kier molecular flexibility index (Phi) is 4.96. The smallest absolute Gasteiger partial charge is 0.123 e. The first-order chi connectivity index (χ1) is 10.7. The fraction of sp³-hybridized carbons (Fsp3) is 0.647. The molecule has 22 heavy (non-hydrogen) atoms. The second kappa shape index (κ2) is 6.94. The van der Waals surface area contributed by atoms with Crippen molar-refractivity contribution in [2.24, 2.45) is 0 Å². The third-order valence-electron chi connectivity index (χ3n) is 4.90. The highest BCUT2D eigenvalue weighted by Crippen LogP contribution is 2.39. The first-order valence-electron chi connectivity index (χ1n) is 8.11. The van der Waals surface area contributed by atoms with Gasteiger partial charge in [-0.15, -0.1) is 0 Å². The molecule has 4 nitrogen and oxygen atoms in total. The lowest BCUT2D eigenvalue weighted by Gasteiger charge is -2.40. The summed E-state index contributed by atoms with van der Waals surface area (Å²) in [6, 6.07) is 5.06. The molecule has 0 N–H and O–H groups in total. The molecule has 2 heterocycles. The van der Waals surface area contributed by atoms with Crippen molar-refractivity contribution in [1.82, 2.24) is 9.80 Å². The lowest BCUT2D eigenvalue weighted by atomic mass is 10.0. The van der Waals surface area contributed by atoms with Crippen molar-refractivity contribution in [2.75, 3.05) is 40.0 Å². The number of rotatable bonds is 4. The van der Waals surface area contributed by atoms with E-state index in [0.29, 0.717) is 6.17 Å². The van der Waals surface area contributed by atoms with Gasteiger partial charge in [0.2, 0.25) is 0 Å². The van der Waals surface area contributed by atoms with Crippen LogP contribution in [0.1, 0.15) is 31.4 Å². The molecule has 0 aromatic heterocycles. The molecule has 2 fully saturated rings. The van der Waals surface area contributed by atoms with Crippen molar-refractivity contribution in [3.63, 3.8) is 0 Å². The summed E-state index contributed by atoms with van der Waals surface area (Å²) in [5.41, 5.74) is 0.972. The van der Waals surface area contributed by atoms with Crippen LogP contribution in [-0.2, 0) is 4.74 Å². The largest absolute Gasteiger partial charge is 0.496 e. The Morgan fingerprint density at radius 2 is 2.05 bits per heavy atom. The van der Waals surface area contributed by atoms with E-state index in [1.165, 1.54) is 6.07 Å². The molecule has 2 atom stereocenters. The van der Waals surface area contributed by atoms with Crippen LogP contribution in [0, 0.1) is 5.82 Å². The normalized spacial score (nSPS) is 25.3. The second-order valence-corrected chi connectivity index (χ2v) is 6.06. The maximum absolute atomic E-state index is 13.7. The number of benzene rings is 1. The number of ether oxygens (including phenoxy) is 2. The van der Waals surface area contributed by atoms with Gasteiger partial charge in [-0.2, -0.15) is 0 Å². The van der Waals surface area contributed by atoms with E-state index in [0.717, 1.165) is 57.0 Å². The monoisotopic (exact) mass is 308 g/mol. The Morgan fingerprint density at radius 1 is 1.27 bits per heavy atom. The van der Waals surface area contributed by atoms with Crippen LogP contribution in [0.25, 0.3) is 0 Å². The number of hydrogen-bond acceptors (Lipinski definition) is 4. The van der Waals surface area contributed by atoms with Crippen LogP contribution in [0.2, 0.25) is 0 Å². The van der Waals surface area contributed by atoms with Gasteiger partial charge < -0.3 is 9.47 Å². The van der Waals surface area contributed by atoms with Gasteiger partial charge in [-0.3, -0.25) is 9.80 Å². The van der Waals surface area contributed by atoms with Crippen molar-refractivity contribution in [1.29, 1.82) is 0 Å². The predicted molar refractivity (Wildman–Crippen MR) is 83.5 cm³/mol. The van der Waals surface area contributed by atoms with Crippen LogP contribution in [0.3, 0.4) is 0 Å². The number of morpholine rings is 1. The number of halogens is 1. The molecule has 2 aliphatic heterocycles. The molecule has 2 aliphatic rings. The highest BCUT2D eigenvalue weighted by Gasteiger charge is 2.34. The summed E-state index contributed by atoms with van der Waals surface area (Å²) >= 11 is 0. The highest BCUT2D eigenvalue weighted by atomic mass is 19.1. The molecule has 0 radical (unpaired) electrons. The summed E-state index contributed by atoms with van der Waals surface area (Å²) in [5.74, 6) is 0.592. The van der Waals surface area contributed by atoms with Gasteiger partial charge in [-0.1, -0.05) is 0 Å². The average molecular weight is 308 g/mol. The van der Waals surface area contributed by atoms with Crippen LogP contribution < -0.4 is 4.74 Å². The minimum absolute atomic E-state index is 0.193. The lowest BCUT2D eigenvalue weighted by molar-refractivity contribution is -0.0310. The van der Waals surface area contributed by atoms with E-state index in [4.69, 9.17) is 9.47 Å². The minimum Gasteiger partial charge on any atom is -0.496 e. The molecule has 0 aliphatic carbocycles. The molecule has 2 saturated heterocycles. The maximum atomic E-state index is 13.7.